The minimum Gasteiger partial charge on any atom is -0.494 e. The summed E-state index contributed by atoms with van der Waals surface area (Å²) in [5.41, 5.74) is 1.23. The predicted molar refractivity (Wildman–Crippen MR) is 111 cm³/mol. The summed E-state index contributed by atoms with van der Waals surface area (Å²) in [6.45, 7) is 3.08. The highest BCUT2D eigenvalue weighted by Gasteiger charge is 2.37. The number of hydrogen-bond donors (Lipinski definition) is 1. The highest BCUT2D eigenvalue weighted by Crippen LogP contribution is 2.31. The third-order valence-corrected chi connectivity index (χ3v) is 6.45. The molecular formula is C21H23N3O4S. The molecule has 2 aromatic rings. The molecule has 4 rings (SSSR count). The van der Waals surface area contributed by atoms with Gasteiger partial charge in [-0.05, 0) is 62.6 Å². The number of amidine groups is 1. The molecular weight excluding hydrogens is 390 g/mol. The van der Waals surface area contributed by atoms with Crippen LogP contribution in [-0.2, 0) is 14.8 Å². The molecule has 0 aromatic heterocycles. The molecule has 1 saturated heterocycles. The second-order valence-electron chi connectivity index (χ2n) is 7.04. The molecule has 2 aliphatic heterocycles. The number of fused-ring (bicyclic) bond motifs is 1. The van der Waals surface area contributed by atoms with Gasteiger partial charge in [-0.25, -0.2) is 0 Å². The molecule has 0 radical (unpaired) electrons. The first kappa shape index (κ1) is 19.4. The van der Waals surface area contributed by atoms with Crippen LogP contribution in [0.25, 0.3) is 0 Å². The van der Waals surface area contributed by atoms with Crippen LogP contribution in [0.1, 0.15) is 31.7 Å². The molecule has 8 heteroatoms. The largest absolute Gasteiger partial charge is 0.494 e. The van der Waals surface area contributed by atoms with E-state index in [1.165, 1.54) is 0 Å². The average molecular weight is 413 g/mol. The standard InChI is InChI=1S/C21H23N3O4S/c1-2-28-16-12-10-15(11-13-16)22-21(25)18-8-5-6-14-24(18)20-17-7-3-4-9-19(17)29(26,27)23-20/h3-4,7,9-13,18H,2,5-6,8,14H2,1H3,(H,22,25)/t18-/m0/s1. The van der Waals surface area contributed by atoms with Gasteiger partial charge in [-0.1, -0.05) is 12.1 Å². The third kappa shape index (κ3) is 3.85. The number of nitrogens with zero attached hydrogens (tertiary/aromatic N) is 2. The molecule has 2 aromatic carbocycles. The summed E-state index contributed by atoms with van der Waals surface area (Å²) < 4.78 is 34.3. The number of rotatable bonds is 4. The van der Waals surface area contributed by atoms with Gasteiger partial charge in [0, 0.05) is 17.8 Å². The van der Waals surface area contributed by atoms with Crippen LogP contribution in [0.5, 0.6) is 5.75 Å². The Hall–Kier alpha value is -2.87. The second-order valence-corrected chi connectivity index (χ2v) is 8.61. The highest BCUT2D eigenvalue weighted by atomic mass is 32.2. The zero-order valence-corrected chi connectivity index (χ0v) is 17.0. The van der Waals surface area contributed by atoms with Crippen molar-refractivity contribution >= 4 is 27.5 Å². The van der Waals surface area contributed by atoms with Crippen LogP contribution in [0.3, 0.4) is 0 Å². The summed E-state index contributed by atoms with van der Waals surface area (Å²) in [5.74, 6) is 0.942. The van der Waals surface area contributed by atoms with E-state index < -0.39 is 16.1 Å². The maximum absolute atomic E-state index is 13.0. The number of benzene rings is 2. The van der Waals surface area contributed by atoms with E-state index in [-0.39, 0.29) is 10.8 Å². The molecule has 0 bridgehead atoms. The number of piperidine rings is 1. The summed E-state index contributed by atoms with van der Waals surface area (Å²) in [6.07, 6.45) is 2.43. The first-order valence-electron chi connectivity index (χ1n) is 9.74. The van der Waals surface area contributed by atoms with Crippen LogP contribution >= 0.6 is 0 Å². The van der Waals surface area contributed by atoms with Gasteiger partial charge < -0.3 is 15.0 Å². The predicted octanol–water partition coefficient (Wildman–Crippen LogP) is 3.03. The summed E-state index contributed by atoms with van der Waals surface area (Å²) in [7, 11) is -3.72. The van der Waals surface area contributed by atoms with Gasteiger partial charge in [0.1, 0.15) is 16.7 Å². The number of carbonyl (C=O) groups excluding carboxylic acids is 1. The molecule has 0 unspecified atom stereocenters. The van der Waals surface area contributed by atoms with Gasteiger partial charge >= 0.3 is 0 Å². The first-order chi connectivity index (χ1) is 14.0. The third-order valence-electron chi connectivity index (χ3n) is 5.12. The number of nitrogens with one attached hydrogen (secondary N) is 1. The molecule has 7 nitrogen and oxygen atoms in total. The number of hydrogen-bond acceptors (Lipinski definition) is 5. The topological polar surface area (TPSA) is 88.1 Å². The molecule has 2 heterocycles. The Bertz CT molecular complexity index is 1050. The van der Waals surface area contributed by atoms with Crippen LogP contribution in [0.15, 0.2) is 57.8 Å². The van der Waals surface area contributed by atoms with E-state index in [1.807, 2.05) is 24.0 Å². The minimum absolute atomic E-state index is 0.168. The number of likely N-dealkylation sites (tertiary alicyclic amines) is 1. The first-order valence-corrected chi connectivity index (χ1v) is 11.2. The zero-order chi connectivity index (χ0) is 20.4. The van der Waals surface area contributed by atoms with E-state index in [0.29, 0.717) is 36.7 Å². The Morgan fingerprint density at radius 2 is 1.93 bits per heavy atom. The van der Waals surface area contributed by atoms with Crippen molar-refractivity contribution in [1.82, 2.24) is 4.90 Å². The van der Waals surface area contributed by atoms with Crippen molar-refractivity contribution in [3.8, 4) is 5.75 Å². The molecule has 1 N–H and O–H groups in total. The lowest BCUT2D eigenvalue weighted by Crippen LogP contribution is -2.50. The second kappa shape index (κ2) is 7.87. The highest BCUT2D eigenvalue weighted by molar-refractivity contribution is 7.90. The van der Waals surface area contributed by atoms with E-state index in [1.54, 1.807) is 36.4 Å². The average Bonchev–Trinajstić information content (AvgIpc) is 3.01. The quantitative estimate of drug-likeness (QED) is 0.832. The van der Waals surface area contributed by atoms with Gasteiger partial charge in [0.05, 0.1) is 6.61 Å². The molecule has 0 spiro atoms. The molecule has 29 heavy (non-hydrogen) atoms. The van der Waals surface area contributed by atoms with Crippen molar-refractivity contribution in [3.63, 3.8) is 0 Å². The molecule has 1 fully saturated rings. The van der Waals surface area contributed by atoms with Crippen LogP contribution in [0.2, 0.25) is 0 Å². The number of amides is 1. The SMILES string of the molecule is CCOc1ccc(NC(=O)[C@@H]2CCCCN2C2=NS(=O)(=O)c3ccccc32)cc1. The number of ether oxygens (including phenoxy) is 1. The van der Waals surface area contributed by atoms with Crippen molar-refractivity contribution in [2.45, 2.75) is 37.1 Å². The van der Waals surface area contributed by atoms with Gasteiger partial charge in [0.15, 0.2) is 5.84 Å². The summed E-state index contributed by atoms with van der Waals surface area (Å²) in [6, 6.07) is 13.5. The Labute approximate surface area is 170 Å². The Kier molecular flexibility index (Phi) is 5.27. The molecule has 2 aliphatic rings. The molecule has 1 atom stereocenters. The fraction of sp³-hybridized carbons (Fsp3) is 0.333. The monoisotopic (exact) mass is 413 g/mol. The lowest BCUT2D eigenvalue weighted by atomic mass is 9.99. The smallest absolute Gasteiger partial charge is 0.285 e. The van der Waals surface area contributed by atoms with Gasteiger partial charge in [0.25, 0.3) is 10.0 Å². The van der Waals surface area contributed by atoms with E-state index in [2.05, 4.69) is 9.71 Å². The molecule has 1 amide bonds. The van der Waals surface area contributed by atoms with Crippen molar-refractivity contribution in [1.29, 1.82) is 0 Å². The van der Waals surface area contributed by atoms with Crippen LogP contribution < -0.4 is 10.1 Å². The number of anilines is 1. The molecule has 0 aliphatic carbocycles. The van der Waals surface area contributed by atoms with Crippen molar-refractivity contribution < 1.29 is 17.9 Å². The van der Waals surface area contributed by atoms with Gasteiger partial charge in [-0.3, -0.25) is 4.79 Å². The van der Waals surface area contributed by atoms with E-state index >= 15 is 0 Å². The number of carbonyl (C=O) groups is 1. The lowest BCUT2D eigenvalue weighted by molar-refractivity contribution is -0.120. The summed E-state index contributed by atoms with van der Waals surface area (Å²) >= 11 is 0. The summed E-state index contributed by atoms with van der Waals surface area (Å²) in [5, 5.41) is 2.94. The van der Waals surface area contributed by atoms with Crippen molar-refractivity contribution in [3.05, 3.63) is 54.1 Å². The zero-order valence-electron chi connectivity index (χ0n) is 16.2. The molecule has 152 valence electrons. The Balaban J connectivity index is 1.57. The maximum Gasteiger partial charge on any atom is 0.285 e. The van der Waals surface area contributed by atoms with E-state index in [4.69, 9.17) is 4.74 Å². The van der Waals surface area contributed by atoms with Crippen LogP contribution in [0, 0.1) is 0 Å². The maximum atomic E-state index is 13.0. The van der Waals surface area contributed by atoms with Gasteiger partial charge in [0.2, 0.25) is 5.91 Å². The van der Waals surface area contributed by atoms with Crippen LogP contribution in [-0.4, -0.2) is 44.3 Å². The fourth-order valence-corrected chi connectivity index (χ4v) is 5.00. The normalized spacial score (nSPS) is 20.0. The van der Waals surface area contributed by atoms with Gasteiger partial charge in [-0.2, -0.15) is 8.42 Å². The molecule has 0 saturated carbocycles. The summed E-state index contributed by atoms with van der Waals surface area (Å²) in [4.78, 5) is 15.1. The van der Waals surface area contributed by atoms with Gasteiger partial charge in [-0.15, -0.1) is 4.40 Å². The van der Waals surface area contributed by atoms with E-state index in [0.717, 1.165) is 18.6 Å². The van der Waals surface area contributed by atoms with Crippen LogP contribution in [0.4, 0.5) is 5.69 Å². The Morgan fingerprint density at radius 3 is 2.69 bits per heavy atom. The Morgan fingerprint density at radius 1 is 1.17 bits per heavy atom. The minimum atomic E-state index is -3.72. The lowest BCUT2D eigenvalue weighted by Gasteiger charge is -2.36. The van der Waals surface area contributed by atoms with Crippen molar-refractivity contribution in [2.24, 2.45) is 4.40 Å². The van der Waals surface area contributed by atoms with Crippen molar-refractivity contribution in [2.75, 3.05) is 18.5 Å². The number of sulfonamides is 1. The fourth-order valence-electron chi connectivity index (χ4n) is 3.78. The van der Waals surface area contributed by atoms with E-state index in [9.17, 15) is 13.2 Å².